The van der Waals surface area contributed by atoms with Crippen LogP contribution in [0.25, 0.3) is 0 Å². The molecule has 0 spiro atoms. The highest BCUT2D eigenvalue weighted by Crippen LogP contribution is 2.36. The Balaban J connectivity index is 1.73. The van der Waals surface area contributed by atoms with Gasteiger partial charge >= 0.3 is 0 Å². The summed E-state index contributed by atoms with van der Waals surface area (Å²) in [5.41, 5.74) is 1.77. The van der Waals surface area contributed by atoms with Gasteiger partial charge in [-0.05, 0) is 23.8 Å². The third-order valence-corrected chi connectivity index (χ3v) is 6.44. The van der Waals surface area contributed by atoms with Crippen LogP contribution in [-0.4, -0.2) is 31.0 Å². The van der Waals surface area contributed by atoms with E-state index in [2.05, 4.69) is 36.3 Å². The molecule has 0 radical (unpaired) electrons. The van der Waals surface area contributed by atoms with Crippen LogP contribution in [0.2, 0.25) is 0 Å². The highest BCUT2D eigenvalue weighted by Gasteiger charge is 2.34. The molecule has 0 saturated carbocycles. The maximum Gasteiger partial charge on any atom is 0.219 e. The Morgan fingerprint density at radius 2 is 2.04 bits per heavy atom. The molecule has 0 bridgehead atoms. The van der Waals surface area contributed by atoms with E-state index in [0.29, 0.717) is 30.6 Å². The highest BCUT2D eigenvalue weighted by molar-refractivity contribution is 7.88. The molecule has 0 amide bonds. The fourth-order valence-electron chi connectivity index (χ4n) is 3.39. The minimum absolute atomic E-state index is 0.0874. The summed E-state index contributed by atoms with van der Waals surface area (Å²) in [7, 11) is -3.34. The van der Waals surface area contributed by atoms with Gasteiger partial charge in [0.25, 0.3) is 0 Å². The van der Waals surface area contributed by atoms with Crippen LogP contribution in [0.3, 0.4) is 0 Å². The summed E-state index contributed by atoms with van der Waals surface area (Å²) >= 11 is 0. The first-order valence-electron chi connectivity index (χ1n) is 8.02. The fraction of sp³-hybridized carbons (Fsp3) is 0.471. The second-order valence-corrected chi connectivity index (χ2v) is 8.05. The largest absolute Gasteiger partial charge is 0.364 e. The van der Waals surface area contributed by atoms with Crippen LogP contribution >= 0.6 is 0 Å². The van der Waals surface area contributed by atoms with Gasteiger partial charge in [0.1, 0.15) is 12.0 Å². The summed E-state index contributed by atoms with van der Waals surface area (Å²) in [6.45, 7) is 3.28. The third kappa shape index (κ3) is 3.64. The minimum atomic E-state index is -3.34. The van der Waals surface area contributed by atoms with Gasteiger partial charge in [0.05, 0.1) is 5.69 Å². The molecule has 1 aliphatic rings. The Labute approximate surface area is 137 Å². The average Bonchev–Trinajstić information content (AvgIpc) is 3.07. The molecule has 2 atom stereocenters. The van der Waals surface area contributed by atoms with E-state index in [9.17, 15) is 8.42 Å². The number of piperidine rings is 1. The first-order chi connectivity index (χ1) is 11.1. The fourth-order valence-corrected chi connectivity index (χ4v) is 4.90. The summed E-state index contributed by atoms with van der Waals surface area (Å²) in [4.78, 5) is 0. The third-order valence-electron chi connectivity index (χ3n) is 4.66. The quantitative estimate of drug-likeness (QED) is 0.843. The molecule has 1 aromatic carbocycles. The maximum absolute atomic E-state index is 12.6. The first-order valence-corrected chi connectivity index (χ1v) is 9.63. The van der Waals surface area contributed by atoms with E-state index < -0.39 is 10.0 Å². The number of hydrogen-bond acceptors (Lipinski definition) is 4. The number of nitrogens with zero attached hydrogens (tertiary/aromatic N) is 2. The molecule has 1 fully saturated rings. The molecule has 124 valence electrons. The molecule has 6 heteroatoms. The first kappa shape index (κ1) is 16.2. The van der Waals surface area contributed by atoms with Gasteiger partial charge in [-0.2, -0.15) is 0 Å². The molecule has 1 saturated heterocycles. The Morgan fingerprint density at radius 1 is 1.26 bits per heavy atom. The number of aromatic nitrogens is 1. The predicted octanol–water partition coefficient (Wildman–Crippen LogP) is 3.02. The van der Waals surface area contributed by atoms with Crippen molar-refractivity contribution in [1.82, 2.24) is 9.46 Å². The van der Waals surface area contributed by atoms with Crippen molar-refractivity contribution in [2.45, 2.75) is 31.4 Å². The molecular weight excluding hydrogens is 312 g/mol. The van der Waals surface area contributed by atoms with Crippen LogP contribution in [0, 0.1) is 5.92 Å². The molecular formula is C17H22N2O3S. The monoisotopic (exact) mass is 334 g/mol. The van der Waals surface area contributed by atoms with Crippen LogP contribution in [0.4, 0.5) is 0 Å². The van der Waals surface area contributed by atoms with Gasteiger partial charge in [-0.3, -0.25) is 0 Å². The molecule has 1 aliphatic heterocycles. The molecule has 0 N–H and O–H groups in total. The van der Waals surface area contributed by atoms with Gasteiger partial charge in [-0.1, -0.05) is 48.8 Å². The average molecular weight is 334 g/mol. The summed E-state index contributed by atoms with van der Waals surface area (Å²) in [5.74, 6) is 0.689. The van der Waals surface area contributed by atoms with E-state index in [1.165, 1.54) is 11.8 Å². The lowest BCUT2D eigenvalue weighted by atomic mass is 9.80. The SMILES string of the molecule is CC[C@H]1CN(S(=O)(=O)Cc2ccon2)CC[C@H]1c1ccccc1. The number of sulfonamides is 1. The minimum Gasteiger partial charge on any atom is -0.364 e. The van der Waals surface area contributed by atoms with Gasteiger partial charge < -0.3 is 4.52 Å². The van der Waals surface area contributed by atoms with E-state index >= 15 is 0 Å². The Hall–Kier alpha value is -1.66. The smallest absolute Gasteiger partial charge is 0.219 e. The van der Waals surface area contributed by atoms with E-state index in [1.807, 2.05) is 6.07 Å². The van der Waals surface area contributed by atoms with Gasteiger partial charge in [0.2, 0.25) is 10.0 Å². The number of benzene rings is 1. The van der Waals surface area contributed by atoms with Crippen molar-refractivity contribution in [1.29, 1.82) is 0 Å². The van der Waals surface area contributed by atoms with Crippen LogP contribution in [-0.2, 0) is 15.8 Å². The molecule has 2 heterocycles. The van der Waals surface area contributed by atoms with Gasteiger partial charge in [-0.15, -0.1) is 0 Å². The highest BCUT2D eigenvalue weighted by atomic mass is 32.2. The maximum atomic E-state index is 12.6. The zero-order chi connectivity index (χ0) is 16.3. The molecule has 2 aromatic rings. The number of rotatable bonds is 5. The van der Waals surface area contributed by atoms with Crippen LogP contribution in [0.1, 0.15) is 36.9 Å². The lowest BCUT2D eigenvalue weighted by Gasteiger charge is -2.37. The van der Waals surface area contributed by atoms with Crippen molar-refractivity contribution in [2.75, 3.05) is 13.1 Å². The van der Waals surface area contributed by atoms with Crippen molar-refractivity contribution >= 4 is 10.0 Å². The second kappa shape index (κ2) is 6.84. The molecule has 0 aliphatic carbocycles. The Kier molecular flexibility index (Phi) is 4.82. The van der Waals surface area contributed by atoms with E-state index in [4.69, 9.17) is 4.52 Å². The van der Waals surface area contributed by atoms with E-state index in [1.54, 1.807) is 10.4 Å². The normalized spacial score (nSPS) is 23.0. The second-order valence-electron chi connectivity index (χ2n) is 6.08. The van der Waals surface area contributed by atoms with Crippen LogP contribution in [0.15, 0.2) is 47.2 Å². The van der Waals surface area contributed by atoms with Crippen molar-refractivity contribution in [2.24, 2.45) is 5.92 Å². The zero-order valence-corrected chi connectivity index (χ0v) is 14.1. The summed E-state index contributed by atoms with van der Waals surface area (Å²) in [6.07, 6.45) is 3.23. The predicted molar refractivity (Wildman–Crippen MR) is 88.3 cm³/mol. The Bertz CT molecular complexity index is 714. The molecule has 23 heavy (non-hydrogen) atoms. The molecule has 3 rings (SSSR count). The van der Waals surface area contributed by atoms with E-state index in [0.717, 1.165) is 12.8 Å². The summed E-state index contributed by atoms with van der Waals surface area (Å²) < 4.78 is 31.6. The Morgan fingerprint density at radius 3 is 2.70 bits per heavy atom. The standard InChI is InChI=1S/C17H22N2O3S/c1-2-14-12-19(23(20,21)13-16-9-11-22-18-16)10-8-17(14)15-6-4-3-5-7-15/h3-7,9,11,14,17H,2,8,10,12-13H2,1H3/t14-,17+/m0/s1. The zero-order valence-electron chi connectivity index (χ0n) is 13.3. The molecule has 1 aromatic heterocycles. The van der Waals surface area contributed by atoms with Crippen molar-refractivity contribution in [3.63, 3.8) is 0 Å². The number of hydrogen-bond donors (Lipinski definition) is 0. The van der Waals surface area contributed by atoms with Gasteiger partial charge in [0.15, 0.2) is 0 Å². The van der Waals surface area contributed by atoms with E-state index in [-0.39, 0.29) is 5.75 Å². The molecule has 0 unspecified atom stereocenters. The lowest BCUT2D eigenvalue weighted by molar-refractivity contribution is 0.228. The topological polar surface area (TPSA) is 63.4 Å². The van der Waals surface area contributed by atoms with Gasteiger partial charge in [-0.25, -0.2) is 12.7 Å². The lowest BCUT2D eigenvalue weighted by Crippen LogP contribution is -2.43. The van der Waals surface area contributed by atoms with Crippen molar-refractivity contribution in [3.8, 4) is 0 Å². The van der Waals surface area contributed by atoms with Crippen molar-refractivity contribution < 1.29 is 12.9 Å². The van der Waals surface area contributed by atoms with Crippen LogP contribution in [0.5, 0.6) is 0 Å². The summed E-state index contributed by atoms with van der Waals surface area (Å²) in [5, 5.41) is 3.72. The van der Waals surface area contributed by atoms with Gasteiger partial charge in [0, 0.05) is 19.2 Å². The summed E-state index contributed by atoms with van der Waals surface area (Å²) in [6, 6.07) is 12.0. The van der Waals surface area contributed by atoms with Crippen LogP contribution < -0.4 is 0 Å². The van der Waals surface area contributed by atoms with Crippen molar-refractivity contribution in [3.05, 3.63) is 53.9 Å². The molecule has 5 nitrogen and oxygen atoms in total.